The number of nitrogens with one attached hydrogen (secondary N) is 1. The Kier molecular flexibility index (Phi) is 7.55. The topological polar surface area (TPSA) is 61.4 Å². The second kappa shape index (κ2) is 10.5. The maximum absolute atomic E-state index is 12.8. The van der Waals surface area contributed by atoms with E-state index in [1.165, 1.54) is 43.6 Å². The summed E-state index contributed by atoms with van der Waals surface area (Å²) in [5.74, 6) is 1.25. The van der Waals surface area contributed by atoms with Crippen LogP contribution in [-0.4, -0.2) is 60.0 Å². The van der Waals surface area contributed by atoms with Gasteiger partial charge in [-0.2, -0.15) is 0 Å². The van der Waals surface area contributed by atoms with Crippen molar-refractivity contribution in [1.82, 2.24) is 20.2 Å². The predicted octanol–water partition coefficient (Wildman–Crippen LogP) is 3.85. The number of nitrogens with zero attached hydrogens (tertiary/aromatic N) is 4. The first-order valence-corrected chi connectivity index (χ1v) is 12.5. The molecule has 2 aliphatic rings. The SMILES string of the molecule is CCc1cc2c(N3CCC[C@H](C(=O)NCCCN4CCCCCC4)C3)ncnc2s1. The van der Waals surface area contributed by atoms with Crippen molar-refractivity contribution in [3.8, 4) is 0 Å². The average Bonchev–Trinajstić information content (AvgIpc) is 3.04. The molecule has 4 heterocycles. The number of fused-ring (bicyclic) bond motifs is 1. The first-order valence-electron chi connectivity index (χ1n) is 11.7. The maximum Gasteiger partial charge on any atom is 0.224 e. The Bertz CT molecular complexity index is 830. The summed E-state index contributed by atoms with van der Waals surface area (Å²) in [6.45, 7) is 8.22. The van der Waals surface area contributed by atoms with E-state index in [0.717, 1.165) is 67.9 Å². The summed E-state index contributed by atoms with van der Waals surface area (Å²) in [7, 11) is 0. The van der Waals surface area contributed by atoms with E-state index in [0.29, 0.717) is 0 Å². The summed E-state index contributed by atoms with van der Waals surface area (Å²) in [6, 6.07) is 2.22. The molecular weight excluding hydrogens is 394 g/mol. The Balaban J connectivity index is 1.29. The van der Waals surface area contributed by atoms with Crippen molar-refractivity contribution in [2.75, 3.05) is 44.2 Å². The highest BCUT2D eigenvalue weighted by atomic mass is 32.1. The molecule has 2 aromatic heterocycles. The molecule has 2 fully saturated rings. The van der Waals surface area contributed by atoms with E-state index in [4.69, 9.17) is 0 Å². The molecule has 0 bridgehead atoms. The number of carbonyl (C=O) groups excluding carboxylic acids is 1. The summed E-state index contributed by atoms with van der Waals surface area (Å²) in [5.41, 5.74) is 0. The van der Waals surface area contributed by atoms with Crippen molar-refractivity contribution in [2.24, 2.45) is 5.92 Å². The van der Waals surface area contributed by atoms with Crippen LogP contribution >= 0.6 is 11.3 Å². The van der Waals surface area contributed by atoms with Crippen LogP contribution in [0.3, 0.4) is 0 Å². The van der Waals surface area contributed by atoms with Gasteiger partial charge in [-0.3, -0.25) is 4.79 Å². The van der Waals surface area contributed by atoms with Gasteiger partial charge in [0.2, 0.25) is 5.91 Å². The summed E-state index contributed by atoms with van der Waals surface area (Å²) in [6.07, 6.45) is 11.1. The van der Waals surface area contributed by atoms with Gasteiger partial charge < -0.3 is 15.1 Å². The molecule has 0 unspecified atom stereocenters. The number of carbonyl (C=O) groups is 1. The standard InChI is InChI=1S/C23H35N5OS/c1-2-19-15-20-21(25-17-26-23(20)30-19)28-14-7-9-18(16-28)22(29)24-10-8-13-27-11-5-3-4-6-12-27/h15,17-18H,2-14,16H2,1H3,(H,24,29)/t18-/m0/s1. The Morgan fingerprint density at radius 1 is 1.17 bits per heavy atom. The fourth-order valence-electron chi connectivity index (χ4n) is 4.72. The number of thiophene rings is 1. The van der Waals surface area contributed by atoms with Crippen LogP contribution in [0.2, 0.25) is 0 Å². The van der Waals surface area contributed by atoms with Crippen LogP contribution in [0.25, 0.3) is 10.2 Å². The number of piperidine rings is 1. The average molecular weight is 430 g/mol. The highest BCUT2D eigenvalue weighted by Crippen LogP contribution is 2.32. The van der Waals surface area contributed by atoms with Crippen molar-refractivity contribution in [3.05, 3.63) is 17.3 Å². The van der Waals surface area contributed by atoms with Gasteiger partial charge in [0.1, 0.15) is 17.0 Å². The molecular formula is C23H35N5OS. The van der Waals surface area contributed by atoms with E-state index in [1.807, 2.05) is 0 Å². The minimum absolute atomic E-state index is 0.0474. The number of rotatable bonds is 7. The Morgan fingerprint density at radius 3 is 2.80 bits per heavy atom. The van der Waals surface area contributed by atoms with Gasteiger partial charge >= 0.3 is 0 Å². The third-order valence-corrected chi connectivity index (χ3v) is 7.64. The quantitative estimate of drug-likeness (QED) is 0.678. The first-order chi connectivity index (χ1) is 14.7. The number of hydrogen-bond acceptors (Lipinski definition) is 6. The molecule has 2 saturated heterocycles. The molecule has 0 saturated carbocycles. The van der Waals surface area contributed by atoms with E-state index in [2.05, 4.69) is 38.1 Å². The molecule has 7 heteroatoms. The van der Waals surface area contributed by atoms with Crippen LogP contribution in [0.5, 0.6) is 0 Å². The number of likely N-dealkylation sites (tertiary alicyclic amines) is 1. The number of hydrogen-bond donors (Lipinski definition) is 1. The number of aryl methyl sites for hydroxylation is 1. The van der Waals surface area contributed by atoms with Crippen molar-refractivity contribution in [1.29, 1.82) is 0 Å². The van der Waals surface area contributed by atoms with Gasteiger partial charge in [0.15, 0.2) is 0 Å². The van der Waals surface area contributed by atoms with Crippen molar-refractivity contribution in [3.63, 3.8) is 0 Å². The molecule has 1 amide bonds. The maximum atomic E-state index is 12.8. The lowest BCUT2D eigenvalue weighted by molar-refractivity contribution is -0.125. The Labute approximate surface area is 184 Å². The van der Waals surface area contributed by atoms with Crippen molar-refractivity contribution < 1.29 is 4.79 Å². The highest BCUT2D eigenvalue weighted by Gasteiger charge is 2.27. The lowest BCUT2D eigenvalue weighted by Crippen LogP contribution is -2.44. The van der Waals surface area contributed by atoms with Crippen LogP contribution in [0.15, 0.2) is 12.4 Å². The molecule has 2 aromatic rings. The van der Waals surface area contributed by atoms with Gasteiger partial charge in [-0.05, 0) is 64.2 Å². The largest absolute Gasteiger partial charge is 0.356 e. The molecule has 0 radical (unpaired) electrons. The van der Waals surface area contributed by atoms with Crippen LogP contribution in [-0.2, 0) is 11.2 Å². The van der Waals surface area contributed by atoms with Gasteiger partial charge in [-0.25, -0.2) is 9.97 Å². The van der Waals surface area contributed by atoms with Gasteiger partial charge in [-0.1, -0.05) is 19.8 Å². The highest BCUT2D eigenvalue weighted by molar-refractivity contribution is 7.18. The molecule has 30 heavy (non-hydrogen) atoms. The van der Waals surface area contributed by atoms with Gasteiger partial charge in [0.05, 0.1) is 11.3 Å². The monoisotopic (exact) mass is 429 g/mol. The molecule has 164 valence electrons. The molecule has 2 aliphatic heterocycles. The summed E-state index contributed by atoms with van der Waals surface area (Å²) in [5, 5.41) is 4.34. The van der Waals surface area contributed by atoms with E-state index >= 15 is 0 Å². The smallest absolute Gasteiger partial charge is 0.224 e. The third kappa shape index (κ3) is 5.30. The molecule has 1 N–H and O–H groups in total. The second-order valence-corrected chi connectivity index (χ2v) is 9.78. The van der Waals surface area contributed by atoms with E-state index in [-0.39, 0.29) is 11.8 Å². The number of amides is 1. The minimum atomic E-state index is 0.0474. The molecule has 4 rings (SSSR count). The van der Waals surface area contributed by atoms with Crippen LogP contribution in [0, 0.1) is 5.92 Å². The third-order valence-electron chi connectivity index (χ3n) is 6.45. The first kappa shape index (κ1) is 21.5. The van der Waals surface area contributed by atoms with Gasteiger partial charge in [0.25, 0.3) is 0 Å². The lowest BCUT2D eigenvalue weighted by atomic mass is 9.97. The normalized spacial score (nSPS) is 21.0. The Morgan fingerprint density at radius 2 is 2.00 bits per heavy atom. The van der Waals surface area contributed by atoms with Crippen LogP contribution in [0.4, 0.5) is 5.82 Å². The van der Waals surface area contributed by atoms with E-state index in [1.54, 1.807) is 17.7 Å². The van der Waals surface area contributed by atoms with Gasteiger partial charge in [0, 0.05) is 24.5 Å². The summed E-state index contributed by atoms with van der Waals surface area (Å²) >= 11 is 1.75. The molecule has 0 aliphatic carbocycles. The fourth-order valence-corrected chi connectivity index (χ4v) is 5.65. The van der Waals surface area contributed by atoms with E-state index < -0.39 is 0 Å². The molecule has 0 aromatic carbocycles. The molecule has 6 nitrogen and oxygen atoms in total. The fraction of sp³-hybridized carbons (Fsp3) is 0.696. The lowest BCUT2D eigenvalue weighted by Gasteiger charge is -2.33. The predicted molar refractivity (Wildman–Crippen MR) is 124 cm³/mol. The van der Waals surface area contributed by atoms with Crippen LogP contribution in [0.1, 0.15) is 56.7 Å². The van der Waals surface area contributed by atoms with Gasteiger partial charge in [-0.15, -0.1) is 11.3 Å². The van der Waals surface area contributed by atoms with Crippen molar-refractivity contribution >= 4 is 33.3 Å². The Hall–Kier alpha value is -1.73. The summed E-state index contributed by atoms with van der Waals surface area (Å²) in [4.78, 5) is 29.1. The number of aromatic nitrogens is 2. The van der Waals surface area contributed by atoms with Crippen LogP contribution < -0.4 is 10.2 Å². The summed E-state index contributed by atoms with van der Waals surface area (Å²) < 4.78 is 0. The molecule has 1 atom stereocenters. The zero-order valence-electron chi connectivity index (χ0n) is 18.2. The zero-order chi connectivity index (χ0) is 20.8. The zero-order valence-corrected chi connectivity index (χ0v) is 19.1. The number of anilines is 1. The van der Waals surface area contributed by atoms with E-state index in [9.17, 15) is 4.79 Å². The van der Waals surface area contributed by atoms with Crippen molar-refractivity contribution in [2.45, 2.75) is 58.3 Å². The molecule has 0 spiro atoms. The minimum Gasteiger partial charge on any atom is -0.356 e. The second-order valence-electron chi connectivity index (χ2n) is 8.67.